The molecule has 0 aliphatic heterocycles. The highest BCUT2D eigenvalue weighted by Crippen LogP contribution is 2.32. The topological polar surface area (TPSA) is 76.2 Å². The summed E-state index contributed by atoms with van der Waals surface area (Å²) in [5.74, 6) is -5.25. The van der Waals surface area contributed by atoms with Gasteiger partial charge in [-0.15, -0.1) is 0 Å². The standard InChI is InChI=1S/C14H20F2N2O3/c1-3-4-5-6-7-8-14(15,16)13-17-11(18-21-13)9-10(2)12(19)20/h2-9H2,1H3,(H,19,20). The van der Waals surface area contributed by atoms with Crippen LogP contribution in [-0.2, 0) is 17.1 Å². The van der Waals surface area contributed by atoms with Crippen LogP contribution in [0, 0.1) is 0 Å². The minimum Gasteiger partial charge on any atom is -0.478 e. The lowest BCUT2D eigenvalue weighted by atomic mass is 10.1. The van der Waals surface area contributed by atoms with Crippen LogP contribution in [0.1, 0.15) is 57.2 Å². The first-order valence-electron chi connectivity index (χ1n) is 6.98. The van der Waals surface area contributed by atoms with Gasteiger partial charge in [0.2, 0.25) is 0 Å². The van der Waals surface area contributed by atoms with Gasteiger partial charge in [-0.2, -0.15) is 13.8 Å². The smallest absolute Gasteiger partial charge is 0.331 e. The van der Waals surface area contributed by atoms with Gasteiger partial charge in [-0.1, -0.05) is 44.3 Å². The summed E-state index contributed by atoms with van der Waals surface area (Å²) in [6, 6.07) is 0. The van der Waals surface area contributed by atoms with Crippen LogP contribution in [0.5, 0.6) is 0 Å². The van der Waals surface area contributed by atoms with E-state index < -0.39 is 17.8 Å². The van der Waals surface area contributed by atoms with Crippen molar-refractivity contribution in [3.8, 4) is 0 Å². The van der Waals surface area contributed by atoms with Crippen molar-refractivity contribution >= 4 is 5.97 Å². The Bertz CT molecular complexity index is 486. The minimum atomic E-state index is -3.18. The molecule has 0 atom stereocenters. The molecule has 7 heteroatoms. The van der Waals surface area contributed by atoms with E-state index in [2.05, 4.69) is 28.2 Å². The van der Waals surface area contributed by atoms with E-state index in [1.807, 2.05) is 0 Å². The van der Waals surface area contributed by atoms with Gasteiger partial charge in [0.25, 0.3) is 5.89 Å². The molecule has 1 N–H and O–H groups in total. The van der Waals surface area contributed by atoms with Crippen molar-refractivity contribution in [3.63, 3.8) is 0 Å². The number of alkyl halides is 2. The molecular formula is C14H20F2N2O3. The van der Waals surface area contributed by atoms with E-state index in [9.17, 15) is 13.6 Å². The maximum Gasteiger partial charge on any atom is 0.331 e. The molecule has 0 spiro atoms. The highest BCUT2D eigenvalue weighted by Gasteiger charge is 2.37. The number of halogens is 2. The molecule has 5 nitrogen and oxygen atoms in total. The minimum absolute atomic E-state index is 0.0944. The normalized spacial score (nSPS) is 11.6. The zero-order valence-corrected chi connectivity index (χ0v) is 12.1. The van der Waals surface area contributed by atoms with Gasteiger partial charge in [-0.3, -0.25) is 0 Å². The number of hydrogen-bond acceptors (Lipinski definition) is 4. The first-order valence-corrected chi connectivity index (χ1v) is 6.98. The van der Waals surface area contributed by atoms with Crippen molar-refractivity contribution in [3.05, 3.63) is 23.9 Å². The van der Waals surface area contributed by atoms with Crippen LogP contribution in [0.2, 0.25) is 0 Å². The fourth-order valence-corrected chi connectivity index (χ4v) is 1.80. The van der Waals surface area contributed by atoms with Gasteiger partial charge in [0.1, 0.15) is 0 Å². The van der Waals surface area contributed by atoms with Crippen LogP contribution in [0.15, 0.2) is 16.7 Å². The molecule has 0 aromatic carbocycles. The fourth-order valence-electron chi connectivity index (χ4n) is 1.80. The first-order chi connectivity index (χ1) is 9.86. The first kappa shape index (κ1) is 17.3. The quantitative estimate of drug-likeness (QED) is 0.526. The number of aliphatic carboxylic acids is 1. The predicted octanol–water partition coefficient (Wildman–Crippen LogP) is 3.71. The molecule has 0 saturated heterocycles. The number of hydrogen-bond donors (Lipinski definition) is 1. The molecule has 1 aromatic rings. The number of carboxylic acid groups (broad SMARTS) is 1. The molecule has 0 saturated carbocycles. The maximum atomic E-state index is 13.8. The van der Waals surface area contributed by atoms with E-state index >= 15 is 0 Å². The summed E-state index contributed by atoms with van der Waals surface area (Å²) in [5, 5.41) is 12.0. The Hall–Kier alpha value is -1.79. The number of rotatable bonds is 10. The van der Waals surface area contributed by atoms with Crippen LogP contribution < -0.4 is 0 Å². The van der Waals surface area contributed by atoms with Crippen LogP contribution in [0.25, 0.3) is 0 Å². The molecular weight excluding hydrogens is 282 g/mol. The second-order valence-corrected chi connectivity index (χ2v) is 4.97. The van der Waals surface area contributed by atoms with E-state index in [0.717, 1.165) is 25.7 Å². The monoisotopic (exact) mass is 302 g/mol. The van der Waals surface area contributed by atoms with Gasteiger partial charge in [-0.05, 0) is 6.42 Å². The van der Waals surface area contributed by atoms with Gasteiger partial charge < -0.3 is 9.63 Å². The Balaban J connectivity index is 2.53. The maximum absolute atomic E-state index is 13.8. The molecule has 1 heterocycles. The fraction of sp³-hybridized carbons (Fsp3) is 0.643. The van der Waals surface area contributed by atoms with E-state index in [1.165, 1.54) is 0 Å². The molecule has 0 radical (unpaired) electrons. The lowest BCUT2D eigenvalue weighted by Gasteiger charge is -2.10. The summed E-state index contributed by atoms with van der Waals surface area (Å²) in [6.07, 6.45) is 3.57. The predicted molar refractivity (Wildman–Crippen MR) is 72.0 cm³/mol. The van der Waals surface area contributed by atoms with Crippen molar-refractivity contribution in [2.45, 2.75) is 57.8 Å². The van der Waals surface area contributed by atoms with Crippen molar-refractivity contribution in [1.82, 2.24) is 10.1 Å². The Morgan fingerprint density at radius 1 is 1.33 bits per heavy atom. The highest BCUT2D eigenvalue weighted by atomic mass is 19.3. The van der Waals surface area contributed by atoms with Crippen molar-refractivity contribution in [2.75, 3.05) is 0 Å². The molecule has 0 fully saturated rings. The van der Waals surface area contributed by atoms with Gasteiger partial charge in [-0.25, -0.2) is 4.79 Å². The lowest BCUT2D eigenvalue weighted by Crippen LogP contribution is -2.14. The molecule has 1 aromatic heterocycles. The molecule has 0 aliphatic rings. The summed E-state index contributed by atoms with van der Waals surface area (Å²) in [6.45, 7) is 5.35. The molecule has 0 aliphatic carbocycles. The number of aromatic nitrogens is 2. The van der Waals surface area contributed by atoms with E-state index in [1.54, 1.807) is 0 Å². The second-order valence-electron chi connectivity index (χ2n) is 4.97. The summed E-state index contributed by atoms with van der Waals surface area (Å²) in [7, 11) is 0. The van der Waals surface area contributed by atoms with Crippen molar-refractivity contribution in [2.24, 2.45) is 0 Å². The van der Waals surface area contributed by atoms with E-state index in [-0.39, 0.29) is 24.2 Å². The van der Waals surface area contributed by atoms with Gasteiger partial charge in [0, 0.05) is 18.4 Å². The summed E-state index contributed by atoms with van der Waals surface area (Å²) in [4.78, 5) is 14.2. The third-order valence-corrected chi connectivity index (χ3v) is 3.05. The Labute approximate surface area is 122 Å². The highest BCUT2D eigenvalue weighted by molar-refractivity contribution is 5.86. The van der Waals surface area contributed by atoms with Gasteiger partial charge >= 0.3 is 11.9 Å². The van der Waals surface area contributed by atoms with Gasteiger partial charge in [0.05, 0.1) is 0 Å². The van der Waals surface area contributed by atoms with Crippen LogP contribution >= 0.6 is 0 Å². The number of unbranched alkanes of at least 4 members (excludes halogenated alkanes) is 4. The average Bonchev–Trinajstić information content (AvgIpc) is 2.87. The molecule has 1 rings (SSSR count). The number of carboxylic acids is 1. The van der Waals surface area contributed by atoms with Crippen LogP contribution in [-0.4, -0.2) is 21.2 Å². The number of carbonyl (C=O) groups is 1. The average molecular weight is 302 g/mol. The molecule has 0 amide bonds. The zero-order chi connectivity index (χ0) is 15.9. The Kier molecular flexibility index (Phi) is 6.45. The summed E-state index contributed by atoms with van der Waals surface area (Å²) < 4.78 is 32.2. The van der Waals surface area contributed by atoms with Crippen LogP contribution in [0.4, 0.5) is 8.78 Å². The van der Waals surface area contributed by atoms with Crippen molar-refractivity contribution in [1.29, 1.82) is 0 Å². The number of nitrogens with zero attached hydrogens (tertiary/aromatic N) is 2. The molecule has 21 heavy (non-hydrogen) atoms. The third-order valence-electron chi connectivity index (χ3n) is 3.05. The van der Waals surface area contributed by atoms with Crippen molar-refractivity contribution < 1.29 is 23.2 Å². The Morgan fingerprint density at radius 2 is 2.00 bits per heavy atom. The Morgan fingerprint density at radius 3 is 2.62 bits per heavy atom. The van der Waals surface area contributed by atoms with Gasteiger partial charge in [0.15, 0.2) is 5.82 Å². The lowest BCUT2D eigenvalue weighted by molar-refractivity contribution is -0.132. The molecule has 0 unspecified atom stereocenters. The van der Waals surface area contributed by atoms with E-state index in [0.29, 0.717) is 6.42 Å². The third kappa shape index (κ3) is 5.61. The molecule has 118 valence electrons. The van der Waals surface area contributed by atoms with E-state index in [4.69, 9.17) is 5.11 Å². The van der Waals surface area contributed by atoms with Crippen LogP contribution in [0.3, 0.4) is 0 Å². The summed E-state index contributed by atoms with van der Waals surface area (Å²) >= 11 is 0. The SMILES string of the molecule is C=C(Cc1noc(C(F)(F)CCCCCCC)n1)C(=O)O. The summed E-state index contributed by atoms with van der Waals surface area (Å²) in [5.41, 5.74) is -0.176. The largest absolute Gasteiger partial charge is 0.478 e. The molecule has 0 bridgehead atoms. The zero-order valence-electron chi connectivity index (χ0n) is 12.1. The second kappa shape index (κ2) is 7.85.